The number of hydrogen-bond acceptors (Lipinski definition) is 4. The fraction of sp³-hybridized carbons (Fsp3) is 0.333. The maximum absolute atomic E-state index is 11.7. The Kier molecular flexibility index (Phi) is 6.67. The molecule has 6 heteroatoms. The van der Waals surface area contributed by atoms with Crippen molar-refractivity contribution in [1.29, 1.82) is 0 Å². The minimum absolute atomic E-state index is 0.0920. The van der Waals surface area contributed by atoms with E-state index in [1.807, 2.05) is 24.3 Å². The lowest BCUT2D eigenvalue weighted by atomic mass is 10.2. The van der Waals surface area contributed by atoms with Crippen LogP contribution in [0.15, 0.2) is 40.3 Å². The van der Waals surface area contributed by atoms with Crippen molar-refractivity contribution in [2.24, 2.45) is 0 Å². The van der Waals surface area contributed by atoms with Crippen LogP contribution >= 0.6 is 35.1 Å². The third-order valence-electron chi connectivity index (χ3n) is 2.64. The van der Waals surface area contributed by atoms with E-state index in [2.05, 4.69) is 16.9 Å². The lowest BCUT2D eigenvalue weighted by Crippen LogP contribution is -2.09. The Labute approximate surface area is 137 Å². The first-order valence-electron chi connectivity index (χ1n) is 6.72. The molecule has 0 aliphatic carbocycles. The third-order valence-corrected chi connectivity index (χ3v) is 5.01. The smallest absolute Gasteiger partial charge is 0.251 e. The lowest BCUT2D eigenvalue weighted by molar-refractivity contribution is 0.899. The predicted octanol–water partition coefficient (Wildman–Crippen LogP) is 4.36. The number of aromatic amines is 1. The Balaban J connectivity index is 2.00. The second-order valence-corrected chi connectivity index (χ2v) is 7.02. The quantitative estimate of drug-likeness (QED) is 0.462. The highest BCUT2D eigenvalue weighted by molar-refractivity contribution is 7.98. The van der Waals surface area contributed by atoms with Crippen molar-refractivity contribution in [2.75, 3.05) is 5.75 Å². The Morgan fingerprint density at radius 1 is 1.29 bits per heavy atom. The van der Waals surface area contributed by atoms with Gasteiger partial charge in [0.1, 0.15) is 0 Å². The van der Waals surface area contributed by atoms with E-state index >= 15 is 0 Å². The van der Waals surface area contributed by atoms with E-state index in [1.54, 1.807) is 17.8 Å². The number of halogens is 1. The van der Waals surface area contributed by atoms with Crippen LogP contribution in [-0.2, 0) is 11.5 Å². The molecule has 0 saturated heterocycles. The van der Waals surface area contributed by atoms with E-state index in [0.717, 1.165) is 40.0 Å². The molecule has 112 valence electrons. The molecule has 0 spiro atoms. The molecule has 0 fully saturated rings. The fourth-order valence-electron chi connectivity index (χ4n) is 1.73. The summed E-state index contributed by atoms with van der Waals surface area (Å²) in [7, 11) is 0. The van der Waals surface area contributed by atoms with Gasteiger partial charge in [0.2, 0.25) is 0 Å². The standard InChI is InChI=1S/C15H17ClN2OS2/c1-2-6-20-10-13-8-14(19)18-15(17-13)21-9-11-4-3-5-12(16)7-11/h3-5,7-8H,2,6,9-10H2,1H3,(H,17,18,19). The van der Waals surface area contributed by atoms with Gasteiger partial charge in [0.15, 0.2) is 5.16 Å². The molecule has 0 unspecified atom stereocenters. The molecule has 0 atom stereocenters. The summed E-state index contributed by atoms with van der Waals surface area (Å²) in [6.07, 6.45) is 1.13. The number of nitrogens with one attached hydrogen (secondary N) is 1. The van der Waals surface area contributed by atoms with Crippen molar-refractivity contribution >= 4 is 35.1 Å². The fourth-order valence-corrected chi connectivity index (χ4v) is 3.57. The number of thioether (sulfide) groups is 2. The van der Waals surface area contributed by atoms with Gasteiger partial charge in [0, 0.05) is 22.6 Å². The Morgan fingerprint density at radius 3 is 2.90 bits per heavy atom. The van der Waals surface area contributed by atoms with Crippen LogP contribution in [0.25, 0.3) is 0 Å². The third kappa shape index (κ3) is 5.77. The van der Waals surface area contributed by atoms with E-state index in [4.69, 9.17) is 11.6 Å². The molecule has 3 nitrogen and oxygen atoms in total. The normalized spacial score (nSPS) is 10.8. The van der Waals surface area contributed by atoms with E-state index in [0.29, 0.717) is 5.16 Å². The van der Waals surface area contributed by atoms with Crippen molar-refractivity contribution in [3.63, 3.8) is 0 Å². The minimum atomic E-state index is -0.0920. The number of H-pyrrole nitrogens is 1. The summed E-state index contributed by atoms with van der Waals surface area (Å²) in [4.78, 5) is 18.9. The van der Waals surface area contributed by atoms with Gasteiger partial charge in [0.05, 0.1) is 5.69 Å². The van der Waals surface area contributed by atoms with Crippen LogP contribution in [-0.4, -0.2) is 15.7 Å². The summed E-state index contributed by atoms with van der Waals surface area (Å²) in [5.41, 5.74) is 1.86. The molecule has 2 rings (SSSR count). The van der Waals surface area contributed by atoms with Gasteiger partial charge < -0.3 is 4.98 Å². The molecule has 2 aromatic rings. The van der Waals surface area contributed by atoms with Gasteiger partial charge in [-0.2, -0.15) is 11.8 Å². The monoisotopic (exact) mass is 340 g/mol. The summed E-state index contributed by atoms with van der Waals surface area (Å²) >= 11 is 9.28. The highest BCUT2D eigenvalue weighted by atomic mass is 35.5. The van der Waals surface area contributed by atoms with Crippen LogP contribution in [0, 0.1) is 0 Å². The van der Waals surface area contributed by atoms with Crippen molar-refractivity contribution in [2.45, 2.75) is 30.0 Å². The van der Waals surface area contributed by atoms with Crippen molar-refractivity contribution in [1.82, 2.24) is 9.97 Å². The summed E-state index contributed by atoms with van der Waals surface area (Å²) < 4.78 is 0. The van der Waals surface area contributed by atoms with Crippen LogP contribution in [0.4, 0.5) is 0 Å². The zero-order valence-corrected chi connectivity index (χ0v) is 14.2. The zero-order chi connectivity index (χ0) is 15.1. The van der Waals surface area contributed by atoms with Crippen LogP contribution in [0.2, 0.25) is 5.02 Å². The molecule has 1 aromatic carbocycles. The zero-order valence-electron chi connectivity index (χ0n) is 11.8. The predicted molar refractivity (Wildman–Crippen MR) is 92.3 cm³/mol. The van der Waals surface area contributed by atoms with Gasteiger partial charge in [-0.15, -0.1) is 0 Å². The second kappa shape index (κ2) is 8.51. The molecule has 0 amide bonds. The van der Waals surface area contributed by atoms with Gasteiger partial charge in [-0.1, -0.05) is 42.4 Å². The van der Waals surface area contributed by atoms with E-state index in [-0.39, 0.29) is 5.56 Å². The highest BCUT2D eigenvalue weighted by Crippen LogP contribution is 2.21. The molecule has 0 aliphatic rings. The first kappa shape index (κ1) is 16.5. The first-order chi connectivity index (χ1) is 10.2. The molecule has 0 saturated carbocycles. The van der Waals surface area contributed by atoms with E-state index in [9.17, 15) is 4.79 Å². The van der Waals surface area contributed by atoms with Gasteiger partial charge >= 0.3 is 0 Å². The summed E-state index contributed by atoms with van der Waals surface area (Å²) in [5, 5.41) is 1.38. The number of benzene rings is 1. The summed E-state index contributed by atoms with van der Waals surface area (Å²) in [6.45, 7) is 2.14. The van der Waals surface area contributed by atoms with Crippen LogP contribution in [0.1, 0.15) is 24.6 Å². The molecule has 1 aromatic heterocycles. The average Bonchev–Trinajstić information content (AvgIpc) is 2.45. The van der Waals surface area contributed by atoms with Crippen LogP contribution in [0.3, 0.4) is 0 Å². The van der Waals surface area contributed by atoms with Crippen LogP contribution < -0.4 is 5.56 Å². The van der Waals surface area contributed by atoms with Crippen molar-refractivity contribution in [3.05, 3.63) is 57.0 Å². The number of rotatable bonds is 7. The summed E-state index contributed by atoms with van der Waals surface area (Å²) in [5.74, 6) is 2.59. The minimum Gasteiger partial charge on any atom is -0.301 e. The molecule has 0 aliphatic heterocycles. The van der Waals surface area contributed by atoms with Gasteiger partial charge in [-0.05, 0) is 29.9 Å². The Morgan fingerprint density at radius 2 is 2.14 bits per heavy atom. The Bertz CT molecular complexity index is 646. The maximum atomic E-state index is 11.7. The second-order valence-electron chi connectivity index (χ2n) is 4.51. The molecular weight excluding hydrogens is 324 g/mol. The molecular formula is C15H17ClN2OS2. The van der Waals surface area contributed by atoms with E-state index in [1.165, 1.54) is 11.8 Å². The molecule has 1 N–H and O–H groups in total. The van der Waals surface area contributed by atoms with Crippen molar-refractivity contribution < 1.29 is 0 Å². The largest absolute Gasteiger partial charge is 0.301 e. The Hall–Kier alpha value is -0.910. The first-order valence-corrected chi connectivity index (χ1v) is 9.24. The highest BCUT2D eigenvalue weighted by Gasteiger charge is 2.04. The average molecular weight is 341 g/mol. The molecule has 1 heterocycles. The van der Waals surface area contributed by atoms with Gasteiger partial charge in [0.25, 0.3) is 5.56 Å². The maximum Gasteiger partial charge on any atom is 0.251 e. The molecule has 21 heavy (non-hydrogen) atoms. The number of aromatic nitrogens is 2. The lowest BCUT2D eigenvalue weighted by Gasteiger charge is -2.04. The molecule has 0 radical (unpaired) electrons. The van der Waals surface area contributed by atoms with Gasteiger partial charge in [-0.25, -0.2) is 4.98 Å². The number of hydrogen-bond donors (Lipinski definition) is 1. The number of nitrogens with zero attached hydrogens (tertiary/aromatic N) is 1. The van der Waals surface area contributed by atoms with Gasteiger partial charge in [-0.3, -0.25) is 4.79 Å². The summed E-state index contributed by atoms with van der Waals surface area (Å²) in [6, 6.07) is 9.28. The van der Waals surface area contributed by atoms with E-state index < -0.39 is 0 Å². The topological polar surface area (TPSA) is 45.8 Å². The van der Waals surface area contributed by atoms with Crippen molar-refractivity contribution in [3.8, 4) is 0 Å². The van der Waals surface area contributed by atoms with Crippen LogP contribution in [0.5, 0.6) is 0 Å². The molecule has 0 bridgehead atoms. The SMILES string of the molecule is CCCSCc1cc(=O)[nH]c(SCc2cccc(Cl)c2)n1.